The molecule has 3 N–H and O–H groups in total. The second-order valence-electron chi connectivity index (χ2n) is 4.38. The van der Waals surface area contributed by atoms with Crippen molar-refractivity contribution in [3.8, 4) is 0 Å². The van der Waals surface area contributed by atoms with E-state index in [1.54, 1.807) is 12.1 Å². The quantitative estimate of drug-likeness (QED) is 0.648. The summed E-state index contributed by atoms with van der Waals surface area (Å²) in [5.41, 5.74) is 4.27. The SMILES string of the molecule is NNC(CCc1ccccc1)c1c(F)cccc1Cl. The predicted octanol–water partition coefficient (Wildman–Crippen LogP) is 3.62. The van der Waals surface area contributed by atoms with Crippen molar-refractivity contribution in [2.24, 2.45) is 5.84 Å². The van der Waals surface area contributed by atoms with Crippen molar-refractivity contribution >= 4 is 11.6 Å². The average Bonchev–Trinajstić information content (AvgIpc) is 2.43. The predicted molar refractivity (Wildman–Crippen MR) is 76.2 cm³/mol. The van der Waals surface area contributed by atoms with Crippen molar-refractivity contribution < 1.29 is 4.39 Å². The van der Waals surface area contributed by atoms with Gasteiger partial charge in [-0.3, -0.25) is 11.3 Å². The molecular weight excluding hydrogens is 263 g/mol. The first-order chi connectivity index (χ1) is 9.22. The lowest BCUT2D eigenvalue weighted by Gasteiger charge is -2.18. The maximum Gasteiger partial charge on any atom is 0.129 e. The maximum atomic E-state index is 13.8. The lowest BCUT2D eigenvalue weighted by molar-refractivity contribution is 0.485. The highest BCUT2D eigenvalue weighted by atomic mass is 35.5. The average molecular weight is 279 g/mol. The molecular formula is C15H16ClFN2. The normalized spacial score (nSPS) is 12.4. The molecule has 19 heavy (non-hydrogen) atoms. The van der Waals surface area contributed by atoms with E-state index in [4.69, 9.17) is 17.4 Å². The third kappa shape index (κ3) is 3.53. The van der Waals surface area contributed by atoms with Crippen LogP contribution in [-0.2, 0) is 6.42 Å². The number of rotatable bonds is 5. The fourth-order valence-corrected chi connectivity index (χ4v) is 2.41. The maximum absolute atomic E-state index is 13.8. The number of halogens is 2. The zero-order chi connectivity index (χ0) is 13.7. The number of hydrazine groups is 1. The van der Waals surface area contributed by atoms with Crippen LogP contribution in [0.3, 0.4) is 0 Å². The summed E-state index contributed by atoms with van der Waals surface area (Å²) in [6, 6.07) is 14.4. The number of hydrogen-bond acceptors (Lipinski definition) is 2. The van der Waals surface area contributed by atoms with Gasteiger partial charge in [-0.1, -0.05) is 48.0 Å². The van der Waals surface area contributed by atoms with Gasteiger partial charge in [-0.2, -0.15) is 0 Å². The van der Waals surface area contributed by atoms with Crippen LogP contribution in [0, 0.1) is 5.82 Å². The molecule has 0 fully saturated rings. The van der Waals surface area contributed by atoms with E-state index >= 15 is 0 Å². The van der Waals surface area contributed by atoms with Crippen LogP contribution < -0.4 is 11.3 Å². The van der Waals surface area contributed by atoms with Crippen molar-refractivity contribution in [3.05, 3.63) is 70.5 Å². The molecule has 100 valence electrons. The number of aryl methyl sites for hydroxylation is 1. The summed E-state index contributed by atoms with van der Waals surface area (Å²) >= 11 is 6.05. The second-order valence-corrected chi connectivity index (χ2v) is 4.79. The highest BCUT2D eigenvalue weighted by Crippen LogP contribution is 2.28. The summed E-state index contributed by atoms with van der Waals surface area (Å²) in [6.07, 6.45) is 1.49. The molecule has 0 saturated heterocycles. The molecule has 1 atom stereocenters. The zero-order valence-electron chi connectivity index (χ0n) is 10.4. The number of hydrogen-bond donors (Lipinski definition) is 2. The van der Waals surface area contributed by atoms with Gasteiger partial charge in [0.15, 0.2) is 0 Å². The first kappa shape index (κ1) is 14.0. The minimum atomic E-state index is -0.330. The van der Waals surface area contributed by atoms with Crippen molar-refractivity contribution in [1.82, 2.24) is 5.43 Å². The van der Waals surface area contributed by atoms with E-state index in [0.717, 1.165) is 6.42 Å². The van der Waals surface area contributed by atoms with Gasteiger partial charge in [0.05, 0.1) is 6.04 Å². The minimum Gasteiger partial charge on any atom is -0.271 e. The molecule has 2 aromatic carbocycles. The molecule has 4 heteroatoms. The highest BCUT2D eigenvalue weighted by molar-refractivity contribution is 6.31. The fraction of sp³-hybridized carbons (Fsp3) is 0.200. The Hall–Kier alpha value is -1.42. The lowest BCUT2D eigenvalue weighted by atomic mass is 9.99. The van der Waals surface area contributed by atoms with Gasteiger partial charge in [0.2, 0.25) is 0 Å². The van der Waals surface area contributed by atoms with Gasteiger partial charge in [-0.25, -0.2) is 4.39 Å². The topological polar surface area (TPSA) is 38.0 Å². The molecule has 0 aliphatic carbocycles. The van der Waals surface area contributed by atoms with Gasteiger partial charge in [-0.15, -0.1) is 0 Å². The van der Waals surface area contributed by atoms with E-state index in [-0.39, 0.29) is 11.9 Å². The summed E-state index contributed by atoms with van der Waals surface area (Å²) < 4.78 is 13.8. The van der Waals surface area contributed by atoms with Crippen molar-refractivity contribution in [2.45, 2.75) is 18.9 Å². The van der Waals surface area contributed by atoms with Gasteiger partial charge >= 0.3 is 0 Å². The monoisotopic (exact) mass is 278 g/mol. The summed E-state index contributed by atoms with van der Waals surface area (Å²) in [5.74, 6) is 5.20. The first-order valence-corrected chi connectivity index (χ1v) is 6.54. The Kier molecular flexibility index (Phi) is 4.91. The Morgan fingerprint density at radius 1 is 1.11 bits per heavy atom. The highest BCUT2D eigenvalue weighted by Gasteiger charge is 2.17. The molecule has 0 saturated carbocycles. The largest absolute Gasteiger partial charge is 0.271 e. The standard InChI is InChI=1S/C15H16ClFN2/c16-12-7-4-8-13(17)15(12)14(19-18)10-9-11-5-2-1-3-6-11/h1-8,14,19H,9-10,18H2. The molecule has 0 spiro atoms. The second kappa shape index (κ2) is 6.66. The Labute approximate surface area is 117 Å². The van der Waals surface area contributed by atoms with Crippen molar-refractivity contribution in [2.75, 3.05) is 0 Å². The summed E-state index contributed by atoms with van der Waals surface area (Å²) in [7, 11) is 0. The van der Waals surface area contributed by atoms with Crippen LogP contribution in [0.2, 0.25) is 5.02 Å². The third-order valence-corrected chi connectivity index (χ3v) is 3.44. The Balaban J connectivity index is 2.12. The molecule has 1 unspecified atom stereocenters. The Morgan fingerprint density at radius 2 is 1.84 bits per heavy atom. The smallest absolute Gasteiger partial charge is 0.129 e. The molecule has 0 heterocycles. The Bertz CT molecular complexity index is 511. The van der Waals surface area contributed by atoms with Crippen LogP contribution >= 0.6 is 11.6 Å². The van der Waals surface area contributed by atoms with E-state index in [9.17, 15) is 4.39 Å². The third-order valence-electron chi connectivity index (χ3n) is 3.11. The molecule has 0 radical (unpaired) electrons. The lowest BCUT2D eigenvalue weighted by Crippen LogP contribution is -2.29. The van der Waals surface area contributed by atoms with E-state index in [2.05, 4.69) is 5.43 Å². The Morgan fingerprint density at radius 3 is 2.47 bits per heavy atom. The molecule has 0 aromatic heterocycles. The fourth-order valence-electron chi connectivity index (χ4n) is 2.11. The van der Waals surface area contributed by atoms with Crippen LogP contribution in [0.25, 0.3) is 0 Å². The van der Waals surface area contributed by atoms with Crippen LogP contribution in [-0.4, -0.2) is 0 Å². The number of nitrogens with one attached hydrogen (secondary N) is 1. The van der Waals surface area contributed by atoms with Crippen LogP contribution in [0.15, 0.2) is 48.5 Å². The summed E-state index contributed by atoms with van der Waals surface area (Å²) in [5, 5.41) is 0.399. The van der Waals surface area contributed by atoms with Crippen LogP contribution in [0.5, 0.6) is 0 Å². The van der Waals surface area contributed by atoms with E-state index in [0.29, 0.717) is 17.0 Å². The minimum absolute atomic E-state index is 0.297. The first-order valence-electron chi connectivity index (χ1n) is 6.16. The molecule has 0 amide bonds. The van der Waals surface area contributed by atoms with Crippen LogP contribution in [0.1, 0.15) is 23.6 Å². The van der Waals surface area contributed by atoms with Gasteiger partial charge in [-0.05, 0) is 30.5 Å². The van der Waals surface area contributed by atoms with Crippen LogP contribution in [0.4, 0.5) is 4.39 Å². The van der Waals surface area contributed by atoms with Gasteiger partial charge in [0.1, 0.15) is 5.82 Å². The van der Waals surface area contributed by atoms with E-state index in [1.165, 1.54) is 11.6 Å². The molecule has 0 aliphatic heterocycles. The molecule has 0 bridgehead atoms. The molecule has 2 aromatic rings. The molecule has 0 aliphatic rings. The van der Waals surface area contributed by atoms with Crippen molar-refractivity contribution in [3.63, 3.8) is 0 Å². The summed E-state index contributed by atoms with van der Waals surface area (Å²) in [4.78, 5) is 0. The van der Waals surface area contributed by atoms with Gasteiger partial charge < -0.3 is 0 Å². The molecule has 2 nitrogen and oxygen atoms in total. The summed E-state index contributed by atoms with van der Waals surface area (Å²) in [6.45, 7) is 0. The van der Waals surface area contributed by atoms with Gasteiger partial charge in [0.25, 0.3) is 0 Å². The van der Waals surface area contributed by atoms with E-state index in [1.807, 2.05) is 30.3 Å². The zero-order valence-corrected chi connectivity index (χ0v) is 11.2. The molecule has 2 rings (SSSR count). The number of benzene rings is 2. The van der Waals surface area contributed by atoms with Gasteiger partial charge in [0, 0.05) is 10.6 Å². The van der Waals surface area contributed by atoms with E-state index < -0.39 is 0 Å². The van der Waals surface area contributed by atoms with Crippen molar-refractivity contribution in [1.29, 1.82) is 0 Å². The number of nitrogens with two attached hydrogens (primary N) is 1.